The summed E-state index contributed by atoms with van der Waals surface area (Å²) in [6.07, 6.45) is 21.7. The predicted octanol–water partition coefficient (Wildman–Crippen LogP) is 6.83. The fraction of sp³-hybridized carbons (Fsp3) is 0.919. The third kappa shape index (κ3) is 14.7. The Kier molecular flexibility index (Phi) is 18.6. The number of aliphatic hydroxyl groups excluding tert-OH is 4. The van der Waals surface area contributed by atoms with E-state index in [-0.39, 0.29) is 42.6 Å². The average molecular weight is 639 g/mol. The van der Waals surface area contributed by atoms with E-state index in [1.807, 2.05) is 6.92 Å². The van der Waals surface area contributed by atoms with Crippen molar-refractivity contribution in [1.82, 2.24) is 0 Å². The molecule has 2 saturated heterocycles. The van der Waals surface area contributed by atoms with Gasteiger partial charge in [-0.1, -0.05) is 90.4 Å². The van der Waals surface area contributed by atoms with Crippen LogP contribution in [0.25, 0.3) is 0 Å². The summed E-state index contributed by atoms with van der Waals surface area (Å²) < 4.78 is 17.6. The normalized spacial score (nSPS) is 27.8. The van der Waals surface area contributed by atoms with Crippen molar-refractivity contribution < 1.29 is 39.4 Å². The predicted molar refractivity (Wildman–Crippen MR) is 177 cm³/mol. The van der Waals surface area contributed by atoms with Gasteiger partial charge in [-0.2, -0.15) is 0 Å². The number of esters is 1. The minimum absolute atomic E-state index is 0.00732. The minimum atomic E-state index is -0.533. The smallest absolute Gasteiger partial charge is 0.334 e. The summed E-state index contributed by atoms with van der Waals surface area (Å²) in [6, 6.07) is 0. The second-order valence-electron chi connectivity index (χ2n) is 14.2. The van der Waals surface area contributed by atoms with Crippen LogP contribution in [0.1, 0.15) is 162 Å². The van der Waals surface area contributed by atoms with Gasteiger partial charge in [-0.25, -0.2) is 4.79 Å². The van der Waals surface area contributed by atoms with Crippen LogP contribution in [0.15, 0.2) is 11.6 Å². The highest BCUT2D eigenvalue weighted by Gasteiger charge is 2.40. The Bertz CT molecular complexity index is 833. The molecule has 0 amide bonds. The summed E-state index contributed by atoms with van der Waals surface area (Å²) in [4.78, 5) is 11.7. The molecule has 0 aliphatic carbocycles. The fourth-order valence-electron chi connectivity index (χ4n) is 7.30. The first kappa shape index (κ1) is 38.4. The molecule has 3 aliphatic heterocycles. The molecule has 0 aromatic rings. The number of carbonyl (C=O) groups excluding carboxylic acids is 1. The molecule has 0 aromatic heterocycles. The van der Waals surface area contributed by atoms with Crippen LogP contribution in [-0.2, 0) is 19.0 Å². The Labute approximate surface area is 273 Å². The Morgan fingerprint density at radius 2 is 1.09 bits per heavy atom. The summed E-state index contributed by atoms with van der Waals surface area (Å²) >= 11 is 0. The van der Waals surface area contributed by atoms with Gasteiger partial charge in [0.2, 0.25) is 0 Å². The molecule has 0 unspecified atom stereocenters. The number of hydrogen-bond acceptors (Lipinski definition) is 8. The molecule has 2 fully saturated rings. The molecular formula is C37H66O8. The van der Waals surface area contributed by atoms with Crippen LogP contribution in [0.3, 0.4) is 0 Å². The van der Waals surface area contributed by atoms with Crippen LogP contribution in [0.5, 0.6) is 0 Å². The third-order valence-electron chi connectivity index (χ3n) is 10.1. The van der Waals surface area contributed by atoms with E-state index in [4.69, 9.17) is 14.2 Å². The lowest BCUT2D eigenvalue weighted by Crippen LogP contribution is -2.33. The van der Waals surface area contributed by atoms with Crippen molar-refractivity contribution in [1.29, 1.82) is 0 Å². The van der Waals surface area contributed by atoms with Gasteiger partial charge in [0.25, 0.3) is 0 Å². The summed E-state index contributed by atoms with van der Waals surface area (Å²) in [6.45, 7) is 4.06. The maximum absolute atomic E-state index is 11.7. The lowest BCUT2D eigenvalue weighted by molar-refractivity contribution is -0.139. The highest BCUT2D eigenvalue weighted by atomic mass is 16.6. The van der Waals surface area contributed by atoms with Crippen molar-refractivity contribution in [3.05, 3.63) is 11.6 Å². The van der Waals surface area contributed by atoms with Crippen molar-refractivity contribution in [2.45, 2.75) is 216 Å². The van der Waals surface area contributed by atoms with Crippen molar-refractivity contribution >= 4 is 5.97 Å². The quantitative estimate of drug-likeness (QED) is 0.0634. The second kappa shape index (κ2) is 21.8. The van der Waals surface area contributed by atoms with E-state index in [0.717, 1.165) is 83.5 Å². The first-order valence-corrected chi connectivity index (χ1v) is 18.7. The van der Waals surface area contributed by atoms with Crippen molar-refractivity contribution in [3.63, 3.8) is 0 Å². The van der Waals surface area contributed by atoms with E-state index in [1.54, 1.807) is 6.08 Å². The van der Waals surface area contributed by atoms with E-state index in [2.05, 4.69) is 6.92 Å². The van der Waals surface area contributed by atoms with Crippen LogP contribution in [-0.4, -0.2) is 81.3 Å². The number of rotatable bonds is 25. The molecule has 3 rings (SSSR count). The molecule has 3 heterocycles. The number of ether oxygens (including phenoxy) is 3. The lowest BCUT2D eigenvalue weighted by Gasteiger charge is -2.24. The van der Waals surface area contributed by atoms with Crippen molar-refractivity contribution in [2.75, 3.05) is 0 Å². The van der Waals surface area contributed by atoms with Crippen molar-refractivity contribution in [3.8, 4) is 0 Å². The van der Waals surface area contributed by atoms with E-state index in [0.29, 0.717) is 24.8 Å². The van der Waals surface area contributed by atoms with Gasteiger partial charge in [-0.05, 0) is 70.8 Å². The minimum Gasteiger partial charge on any atom is -0.455 e. The molecular weight excluding hydrogens is 572 g/mol. The Hall–Kier alpha value is -1.03. The number of hydrogen-bond donors (Lipinski definition) is 4. The van der Waals surface area contributed by atoms with Crippen LogP contribution in [0.4, 0.5) is 0 Å². The van der Waals surface area contributed by atoms with Crippen LogP contribution < -0.4 is 0 Å². The first-order chi connectivity index (χ1) is 21.8. The molecule has 0 aromatic carbocycles. The van der Waals surface area contributed by atoms with E-state index in [9.17, 15) is 25.2 Å². The van der Waals surface area contributed by atoms with Gasteiger partial charge >= 0.3 is 5.97 Å². The molecule has 0 spiro atoms. The summed E-state index contributed by atoms with van der Waals surface area (Å²) in [5.41, 5.74) is 0.575. The van der Waals surface area contributed by atoms with E-state index in [1.165, 1.54) is 44.9 Å². The Morgan fingerprint density at radius 1 is 0.644 bits per heavy atom. The molecule has 262 valence electrons. The number of carbonyl (C=O) groups is 1. The zero-order valence-electron chi connectivity index (χ0n) is 28.5. The number of unbranched alkanes of at least 4 members (excludes halogenated alkanes) is 10. The topological polar surface area (TPSA) is 126 Å². The average Bonchev–Trinajstić information content (AvgIpc) is 3.76. The van der Waals surface area contributed by atoms with E-state index < -0.39 is 18.3 Å². The van der Waals surface area contributed by atoms with Crippen LogP contribution >= 0.6 is 0 Å². The van der Waals surface area contributed by atoms with Gasteiger partial charge in [0, 0.05) is 12.0 Å². The molecule has 8 nitrogen and oxygen atoms in total. The molecule has 45 heavy (non-hydrogen) atoms. The second-order valence-corrected chi connectivity index (χ2v) is 14.2. The first-order valence-electron chi connectivity index (χ1n) is 18.7. The lowest BCUT2D eigenvalue weighted by atomic mass is 9.99. The van der Waals surface area contributed by atoms with E-state index >= 15 is 0 Å². The molecule has 0 saturated carbocycles. The highest BCUT2D eigenvalue weighted by Crippen LogP contribution is 2.34. The zero-order chi connectivity index (χ0) is 32.4. The van der Waals surface area contributed by atoms with Crippen molar-refractivity contribution in [2.24, 2.45) is 0 Å². The number of cyclic esters (lactones) is 1. The molecule has 4 N–H and O–H groups in total. The monoisotopic (exact) mass is 638 g/mol. The molecule has 8 heteroatoms. The Balaban J connectivity index is 1.16. The van der Waals surface area contributed by atoms with Gasteiger partial charge in [-0.3, -0.25) is 0 Å². The molecule has 9 atom stereocenters. The standard InChI is InChI=1S/C37H66O8/c1-3-4-5-6-7-8-9-13-19-31(40)33-21-23-35(44-33)36-24-22-34(45-36)32(41)20-15-14-17-29(38)16-11-10-12-18-30(39)26-28-25-27(2)43-37(28)42/h25,27,29-36,38-41H,3-24,26H2,1-2H3/t27-,29-,30+,31-,32+,33+,34+,35+,36+/m1/s1. The maximum atomic E-state index is 11.7. The summed E-state index contributed by atoms with van der Waals surface area (Å²) in [7, 11) is 0. The highest BCUT2D eigenvalue weighted by molar-refractivity contribution is 5.90. The van der Waals surface area contributed by atoms with Gasteiger partial charge in [0.15, 0.2) is 0 Å². The van der Waals surface area contributed by atoms with Gasteiger partial charge < -0.3 is 34.6 Å². The zero-order valence-corrected chi connectivity index (χ0v) is 28.5. The largest absolute Gasteiger partial charge is 0.455 e. The van der Waals surface area contributed by atoms with Gasteiger partial charge in [-0.15, -0.1) is 0 Å². The number of aliphatic hydroxyl groups is 4. The van der Waals surface area contributed by atoms with Crippen LogP contribution in [0.2, 0.25) is 0 Å². The maximum Gasteiger partial charge on any atom is 0.334 e. The third-order valence-corrected chi connectivity index (χ3v) is 10.1. The fourth-order valence-corrected chi connectivity index (χ4v) is 7.30. The summed E-state index contributed by atoms with van der Waals surface area (Å²) in [5, 5.41) is 42.0. The van der Waals surface area contributed by atoms with Gasteiger partial charge in [0.05, 0.1) is 48.8 Å². The Morgan fingerprint density at radius 3 is 1.62 bits per heavy atom. The summed E-state index contributed by atoms with van der Waals surface area (Å²) in [5.74, 6) is -0.315. The molecule has 0 radical (unpaired) electrons. The molecule has 0 bridgehead atoms. The SMILES string of the molecule is CCCCCCCCCC[C@@H](O)[C@@H]1CC[C@@H]([C@@H]2CC[C@@H]([C@@H](O)CCCC[C@H](O)CCCCC[C@H](O)CC3=C[C@@H](C)OC3=O)O2)O1. The molecule has 3 aliphatic rings. The van der Waals surface area contributed by atoms with Crippen LogP contribution in [0, 0.1) is 0 Å². The van der Waals surface area contributed by atoms with Gasteiger partial charge in [0.1, 0.15) is 6.10 Å².